The van der Waals surface area contributed by atoms with Crippen LogP contribution in [0.4, 0.5) is 0 Å². The maximum atomic E-state index is 12.2. The fourth-order valence-corrected chi connectivity index (χ4v) is 3.73. The van der Waals surface area contributed by atoms with Crippen molar-refractivity contribution in [2.75, 3.05) is 6.61 Å². The maximum Gasteiger partial charge on any atom is 0.218 e. The summed E-state index contributed by atoms with van der Waals surface area (Å²) in [6.45, 7) is 0.450. The smallest absolute Gasteiger partial charge is 0.218 e. The highest BCUT2D eigenvalue weighted by atomic mass is 32.1. The Hall–Kier alpha value is -1.04. The first-order valence-corrected chi connectivity index (χ1v) is 6.54. The third kappa shape index (κ3) is 1.24. The lowest BCUT2D eigenvalue weighted by Gasteiger charge is -2.14. The van der Waals surface area contributed by atoms with E-state index in [1.165, 1.54) is 11.3 Å². The Labute approximate surface area is 102 Å². The summed E-state index contributed by atoms with van der Waals surface area (Å²) in [4.78, 5) is 24.9. The number of thiophene rings is 1. The number of carbonyl (C=O) groups excluding carboxylic acids is 2. The molecule has 0 unspecified atom stereocenters. The number of hydrogen-bond acceptors (Lipinski definition) is 5. The predicted molar refractivity (Wildman–Crippen MR) is 58.7 cm³/mol. The molecule has 17 heavy (non-hydrogen) atoms. The molecule has 5 heteroatoms. The van der Waals surface area contributed by atoms with Crippen molar-refractivity contribution < 1.29 is 19.1 Å². The molecule has 0 radical (unpaired) electrons. The fraction of sp³-hybridized carbons (Fsp3) is 0.500. The van der Waals surface area contributed by atoms with Gasteiger partial charge in [-0.3, -0.25) is 9.59 Å². The monoisotopic (exact) mass is 250 g/mol. The topological polar surface area (TPSA) is 52.6 Å². The molecule has 4 rings (SSSR count). The van der Waals surface area contributed by atoms with E-state index in [-0.39, 0.29) is 35.4 Å². The maximum absolute atomic E-state index is 12.2. The average Bonchev–Trinajstić information content (AvgIpc) is 2.77. The van der Waals surface area contributed by atoms with Crippen LogP contribution in [0.25, 0.3) is 0 Å². The van der Waals surface area contributed by atoms with Crippen LogP contribution < -0.4 is 0 Å². The van der Waals surface area contributed by atoms with Crippen molar-refractivity contribution in [2.45, 2.75) is 12.4 Å². The molecule has 1 aromatic heterocycles. The van der Waals surface area contributed by atoms with Gasteiger partial charge in [0.1, 0.15) is 0 Å². The van der Waals surface area contributed by atoms with E-state index >= 15 is 0 Å². The first-order valence-electron chi connectivity index (χ1n) is 5.66. The molecule has 4 nitrogen and oxygen atoms in total. The number of ketones is 2. The van der Waals surface area contributed by atoms with Crippen molar-refractivity contribution in [3.63, 3.8) is 0 Å². The summed E-state index contributed by atoms with van der Waals surface area (Å²) in [6.07, 6.45) is -0.765. The van der Waals surface area contributed by atoms with Crippen molar-refractivity contribution in [1.82, 2.24) is 0 Å². The van der Waals surface area contributed by atoms with Gasteiger partial charge in [0, 0.05) is 17.8 Å². The molecule has 0 aromatic carbocycles. The van der Waals surface area contributed by atoms with Gasteiger partial charge < -0.3 is 9.47 Å². The Morgan fingerprint density at radius 1 is 1.47 bits per heavy atom. The van der Waals surface area contributed by atoms with Crippen molar-refractivity contribution in [1.29, 1.82) is 0 Å². The largest absolute Gasteiger partial charge is 0.343 e. The summed E-state index contributed by atoms with van der Waals surface area (Å²) >= 11 is 1.43. The third-order valence-electron chi connectivity index (χ3n) is 3.84. The molecule has 3 aliphatic rings. The van der Waals surface area contributed by atoms with Crippen LogP contribution in [0.1, 0.15) is 9.67 Å². The van der Waals surface area contributed by atoms with Crippen LogP contribution in [0.15, 0.2) is 17.5 Å². The molecule has 1 aliphatic carbocycles. The second-order valence-electron chi connectivity index (χ2n) is 4.71. The zero-order valence-corrected chi connectivity index (χ0v) is 9.68. The Kier molecular flexibility index (Phi) is 1.90. The van der Waals surface area contributed by atoms with Crippen LogP contribution in [0.5, 0.6) is 0 Å². The lowest BCUT2D eigenvalue weighted by Crippen LogP contribution is -2.30. The minimum Gasteiger partial charge on any atom is -0.343 e. The van der Waals surface area contributed by atoms with Crippen molar-refractivity contribution in [3.05, 3.63) is 22.4 Å². The van der Waals surface area contributed by atoms with Gasteiger partial charge in [-0.1, -0.05) is 6.07 Å². The van der Waals surface area contributed by atoms with Crippen LogP contribution in [0, 0.1) is 17.8 Å². The van der Waals surface area contributed by atoms with E-state index in [4.69, 9.17) is 9.47 Å². The Morgan fingerprint density at radius 3 is 3.12 bits per heavy atom. The standard InChI is InChI=1S/C12H10O4S/c13-10(6-2-1-3-17-6)8-7-5-4-15-12(16-5)11(14)9(7)8/h1-3,5,7-9,12H,4H2/t5-,7+,8-,9-,12+/m0/s1. The molecule has 1 saturated carbocycles. The van der Waals surface area contributed by atoms with E-state index in [0.29, 0.717) is 6.61 Å². The van der Waals surface area contributed by atoms with Gasteiger partial charge in [-0.2, -0.15) is 0 Å². The molecule has 2 saturated heterocycles. The van der Waals surface area contributed by atoms with Crippen LogP contribution in [-0.2, 0) is 14.3 Å². The number of ether oxygens (including phenoxy) is 2. The minimum atomic E-state index is -0.706. The second kappa shape index (κ2) is 3.25. The highest BCUT2D eigenvalue weighted by Gasteiger charge is 2.68. The van der Waals surface area contributed by atoms with Gasteiger partial charge in [0.15, 0.2) is 11.6 Å². The summed E-state index contributed by atoms with van der Waals surface area (Å²) in [6, 6.07) is 3.68. The Balaban J connectivity index is 1.63. The summed E-state index contributed by atoms with van der Waals surface area (Å²) in [5, 5.41) is 1.88. The molecular weight excluding hydrogens is 240 g/mol. The number of hydrogen-bond donors (Lipinski definition) is 0. The van der Waals surface area contributed by atoms with Crippen LogP contribution in [0.2, 0.25) is 0 Å². The molecule has 88 valence electrons. The zero-order chi connectivity index (χ0) is 11.6. The number of rotatable bonds is 2. The summed E-state index contributed by atoms with van der Waals surface area (Å²) < 4.78 is 10.7. The van der Waals surface area contributed by atoms with E-state index < -0.39 is 6.29 Å². The predicted octanol–water partition coefficient (Wildman–Crippen LogP) is 1.12. The van der Waals surface area contributed by atoms with E-state index in [1.807, 2.05) is 17.5 Å². The molecule has 2 bridgehead atoms. The number of carbonyl (C=O) groups is 2. The Morgan fingerprint density at radius 2 is 2.35 bits per heavy atom. The number of Topliss-reactive ketones (excluding diaryl/α,β-unsaturated/α-hetero) is 2. The lowest BCUT2D eigenvalue weighted by atomic mass is 10.1. The van der Waals surface area contributed by atoms with Crippen molar-refractivity contribution >= 4 is 22.9 Å². The van der Waals surface area contributed by atoms with Crippen molar-refractivity contribution in [2.24, 2.45) is 17.8 Å². The third-order valence-corrected chi connectivity index (χ3v) is 4.73. The van der Waals surface area contributed by atoms with E-state index in [2.05, 4.69) is 0 Å². The molecule has 5 atom stereocenters. The summed E-state index contributed by atoms with van der Waals surface area (Å²) in [5.74, 6) is -0.218. The minimum absolute atomic E-state index is 0.0429. The van der Waals surface area contributed by atoms with E-state index in [0.717, 1.165) is 4.88 Å². The van der Waals surface area contributed by atoms with Gasteiger partial charge in [-0.15, -0.1) is 11.3 Å². The quantitative estimate of drug-likeness (QED) is 0.738. The zero-order valence-electron chi connectivity index (χ0n) is 8.87. The molecule has 2 aliphatic heterocycles. The van der Waals surface area contributed by atoms with Gasteiger partial charge in [-0.25, -0.2) is 0 Å². The van der Waals surface area contributed by atoms with E-state index in [9.17, 15) is 9.59 Å². The molecule has 3 heterocycles. The first kappa shape index (κ1) is 9.94. The highest BCUT2D eigenvalue weighted by Crippen LogP contribution is 2.57. The molecule has 0 amide bonds. The SMILES string of the molecule is O=C(c1cccs1)[C@@H]1[C@H]2C(=O)[C@@H]3OC[C@H](O3)[C@H]12. The molecule has 1 aromatic rings. The Bertz CT molecular complexity index is 495. The van der Waals surface area contributed by atoms with E-state index in [1.54, 1.807) is 0 Å². The normalized spacial score (nSPS) is 42.4. The molecule has 3 fully saturated rings. The second-order valence-corrected chi connectivity index (χ2v) is 5.66. The molecule has 0 N–H and O–H groups in total. The molecular formula is C12H10O4S. The van der Waals surface area contributed by atoms with Crippen LogP contribution in [-0.4, -0.2) is 30.6 Å². The van der Waals surface area contributed by atoms with Gasteiger partial charge in [-0.05, 0) is 11.4 Å². The fourth-order valence-electron chi connectivity index (χ4n) is 3.01. The van der Waals surface area contributed by atoms with Crippen LogP contribution >= 0.6 is 11.3 Å². The summed E-state index contributed by atoms with van der Waals surface area (Å²) in [5.41, 5.74) is 0. The first-order chi connectivity index (χ1) is 8.27. The van der Waals surface area contributed by atoms with Gasteiger partial charge in [0.05, 0.1) is 17.6 Å². The van der Waals surface area contributed by atoms with Crippen molar-refractivity contribution in [3.8, 4) is 0 Å². The number of fused-ring (bicyclic) bond motifs is 4. The molecule has 0 spiro atoms. The van der Waals surface area contributed by atoms with Gasteiger partial charge in [0.2, 0.25) is 6.29 Å². The lowest BCUT2D eigenvalue weighted by molar-refractivity contribution is -0.153. The van der Waals surface area contributed by atoms with Crippen LogP contribution in [0.3, 0.4) is 0 Å². The van der Waals surface area contributed by atoms with Gasteiger partial charge >= 0.3 is 0 Å². The summed E-state index contributed by atoms with van der Waals surface area (Å²) in [7, 11) is 0. The highest BCUT2D eigenvalue weighted by molar-refractivity contribution is 7.12. The van der Waals surface area contributed by atoms with Gasteiger partial charge in [0.25, 0.3) is 0 Å². The average molecular weight is 250 g/mol.